The van der Waals surface area contributed by atoms with Crippen LogP contribution in [0.1, 0.15) is 30.4 Å². The van der Waals surface area contributed by atoms with Gasteiger partial charge in [-0.2, -0.15) is 0 Å². The van der Waals surface area contributed by atoms with E-state index in [0.717, 1.165) is 11.3 Å². The molecule has 0 spiro atoms. The fourth-order valence-electron chi connectivity index (χ4n) is 3.41. The van der Waals surface area contributed by atoms with Gasteiger partial charge >= 0.3 is 12.1 Å². The third kappa shape index (κ3) is 2.82. The summed E-state index contributed by atoms with van der Waals surface area (Å²) in [5.41, 5.74) is 3.71. The van der Waals surface area contributed by atoms with Crippen LogP contribution in [0.15, 0.2) is 42.5 Å². The number of fused-ring (bicyclic) bond motifs is 3. The SMILES string of the molecule is C[C@H](C(=O)O)N(C)C(=O)OCC1c2ccccc2C2=CC=CCC21. The van der Waals surface area contributed by atoms with Gasteiger partial charge in [-0.1, -0.05) is 42.5 Å². The molecule has 2 unspecified atom stereocenters. The van der Waals surface area contributed by atoms with E-state index in [1.807, 2.05) is 12.1 Å². The van der Waals surface area contributed by atoms with Crippen LogP contribution in [0.4, 0.5) is 4.79 Å². The molecule has 0 radical (unpaired) electrons. The Kier molecular flexibility index (Phi) is 4.42. The number of hydrogen-bond acceptors (Lipinski definition) is 3. The number of rotatable bonds is 4. The minimum Gasteiger partial charge on any atom is -0.480 e. The Morgan fingerprint density at radius 3 is 2.88 bits per heavy atom. The Morgan fingerprint density at radius 2 is 2.12 bits per heavy atom. The van der Waals surface area contributed by atoms with Crippen LogP contribution in [0.5, 0.6) is 0 Å². The molecular weight excluding hydrogens is 306 g/mol. The minimum atomic E-state index is -1.05. The van der Waals surface area contributed by atoms with Crippen molar-refractivity contribution in [3.8, 4) is 0 Å². The zero-order valence-electron chi connectivity index (χ0n) is 13.8. The van der Waals surface area contributed by atoms with Crippen molar-refractivity contribution < 1.29 is 19.4 Å². The van der Waals surface area contributed by atoms with Crippen molar-refractivity contribution >= 4 is 17.6 Å². The number of amides is 1. The molecule has 0 saturated heterocycles. The van der Waals surface area contributed by atoms with Gasteiger partial charge in [-0.15, -0.1) is 0 Å². The smallest absolute Gasteiger partial charge is 0.410 e. The van der Waals surface area contributed by atoms with E-state index >= 15 is 0 Å². The molecule has 0 aromatic heterocycles. The first-order chi connectivity index (χ1) is 11.5. The Balaban J connectivity index is 1.74. The third-order valence-electron chi connectivity index (χ3n) is 4.97. The number of aliphatic carboxylic acids is 1. The number of carbonyl (C=O) groups is 2. The van der Waals surface area contributed by atoms with Crippen LogP contribution >= 0.6 is 0 Å². The molecule has 0 fully saturated rings. The van der Waals surface area contributed by atoms with Crippen LogP contribution in [0, 0.1) is 5.92 Å². The second-order valence-corrected chi connectivity index (χ2v) is 6.29. The molecule has 2 aliphatic carbocycles. The van der Waals surface area contributed by atoms with Gasteiger partial charge in [-0.3, -0.25) is 4.90 Å². The van der Waals surface area contributed by atoms with Crippen molar-refractivity contribution in [3.63, 3.8) is 0 Å². The maximum Gasteiger partial charge on any atom is 0.410 e. The number of carboxylic acid groups (broad SMARTS) is 1. The maximum atomic E-state index is 12.1. The lowest BCUT2D eigenvalue weighted by Gasteiger charge is -2.25. The molecule has 0 aliphatic heterocycles. The average molecular weight is 327 g/mol. The molecule has 1 amide bonds. The van der Waals surface area contributed by atoms with Crippen LogP contribution in [0.25, 0.3) is 5.57 Å². The van der Waals surface area contributed by atoms with E-state index in [1.54, 1.807) is 0 Å². The van der Waals surface area contributed by atoms with E-state index in [2.05, 4.69) is 30.4 Å². The first-order valence-electron chi connectivity index (χ1n) is 8.09. The number of allylic oxidation sites excluding steroid dienone is 4. The van der Waals surface area contributed by atoms with Crippen molar-refractivity contribution in [2.45, 2.75) is 25.3 Å². The van der Waals surface area contributed by atoms with E-state index in [4.69, 9.17) is 9.84 Å². The van der Waals surface area contributed by atoms with Crippen molar-refractivity contribution in [2.24, 2.45) is 5.92 Å². The number of likely N-dealkylation sites (N-methyl/N-ethyl adjacent to an activating group) is 1. The summed E-state index contributed by atoms with van der Waals surface area (Å²) in [6, 6.07) is 7.29. The molecule has 1 aromatic rings. The Hall–Kier alpha value is -2.56. The summed E-state index contributed by atoms with van der Waals surface area (Å²) in [7, 11) is 1.44. The molecule has 2 aliphatic rings. The van der Waals surface area contributed by atoms with Gasteiger partial charge in [0.15, 0.2) is 0 Å². The minimum absolute atomic E-state index is 0.106. The van der Waals surface area contributed by atoms with Crippen LogP contribution in [0.2, 0.25) is 0 Å². The Labute approximate surface area is 141 Å². The highest BCUT2D eigenvalue weighted by Crippen LogP contribution is 2.49. The summed E-state index contributed by atoms with van der Waals surface area (Å²) in [4.78, 5) is 24.2. The van der Waals surface area contributed by atoms with E-state index in [0.29, 0.717) is 5.92 Å². The molecule has 0 bridgehead atoms. The molecule has 1 N–H and O–H groups in total. The Bertz CT molecular complexity index is 722. The lowest BCUT2D eigenvalue weighted by molar-refractivity contribution is -0.141. The van der Waals surface area contributed by atoms with E-state index in [9.17, 15) is 9.59 Å². The number of carbonyl (C=O) groups excluding carboxylic acids is 1. The third-order valence-corrected chi connectivity index (χ3v) is 4.97. The predicted octanol–water partition coefficient (Wildman–Crippen LogP) is 3.28. The molecule has 5 heteroatoms. The molecule has 3 rings (SSSR count). The van der Waals surface area contributed by atoms with Crippen molar-refractivity contribution in [1.29, 1.82) is 0 Å². The van der Waals surface area contributed by atoms with Crippen molar-refractivity contribution in [2.75, 3.05) is 13.7 Å². The molecular formula is C19H21NO4. The van der Waals surface area contributed by atoms with Gasteiger partial charge in [-0.25, -0.2) is 9.59 Å². The van der Waals surface area contributed by atoms with Crippen LogP contribution in [0.3, 0.4) is 0 Å². The predicted molar refractivity (Wildman–Crippen MR) is 90.6 cm³/mol. The van der Waals surface area contributed by atoms with Crippen LogP contribution < -0.4 is 0 Å². The second kappa shape index (κ2) is 6.51. The molecule has 126 valence electrons. The summed E-state index contributed by atoms with van der Waals surface area (Å²) in [6.07, 6.45) is 6.65. The van der Waals surface area contributed by atoms with Crippen molar-refractivity contribution in [1.82, 2.24) is 4.90 Å². The second-order valence-electron chi connectivity index (χ2n) is 6.29. The lowest BCUT2D eigenvalue weighted by Crippen LogP contribution is -2.41. The first-order valence-corrected chi connectivity index (χ1v) is 8.09. The zero-order valence-corrected chi connectivity index (χ0v) is 13.8. The largest absolute Gasteiger partial charge is 0.480 e. The number of carboxylic acids is 1. The number of hydrogen-bond donors (Lipinski definition) is 1. The van der Waals surface area contributed by atoms with Gasteiger partial charge in [0.25, 0.3) is 0 Å². The van der Waals surface area contributed by atoms with Crippen molar-refractivity contribution in [3.05, 3.63) is 53.6 Å². The number of benzene rings is 1. The maximum absolute atomic E-state index is 12.1. The summed E-state index contributed by atoms with van der Waals surface area (Å²) in [5, 5.41) is 9.00. The standard InChI is InChI=1S/C19H21NO4/c1-12(18(21)22)20(2)19(23)24-11-17-15-9-5-3-7-13(15)14-8-4-6-10-16(14)17/h3-9,12,16-17H,10-11H2,1-2H3,(H,21,22)/t12-,16?,17?/m1/s1. The first kappa shape index (κ1) is 16.3. The summed E-state index contributed by atoms with van der Waals surface area (Å²) < 4.78 is 5.44. The van der Waals surface area contributed by atoms with Gasteiger partial charge < -0.3 is 9.84 Å². The van der Waals surface area contributed by atoms with E-state index < -0.39 is 18.1 Å². The van der Waals surface area contributed by atoms with Gasteiger partial charge in [0.05, 0.1) is 0 Å². The summed E-state index contributed by atoms with van der Waals surface area (Å²) >= 11 is 0. The monoisotopic (exact) mass is 327 g/mol. The van der Waals surface area contributed by atoms with Gasteiger partial charge in [-0.05, 0) is 36.0 Å². The van der Waals surface area contributed by atoms with Crippen LogP contribution in [-0.2, 0) is 9.53 Å². The lowest BCUT2D eigenvalue weighted by atomic mass is 9.86. The summed E-state index contributed by atoms with van der Waals surface area (Å²) in [5.74, 6) is -0.638. The highest BCUT2D eigenvalue weighted by Gasteiger charge is 2.37. The number of nitrogens with zero attached hydrogens (tertiary/aromatic N) is 1. The molecule has 1 aromatic carbocycles. The number of ether oxygens (including phenoxy) is 1. The van der Waals surface area contributed by atoms with Gasteiger partial charge in [0.2, 0.25) is 0 Å². The topological polar surface area (TPSA) is 66.8 Å². The van der Waals surface area contributed by atoms with Gasteiger partial charge in [0.1, 0.15) is 12.6 Å². The molecule has 5 nitrogen and oxygen atoms in total. The highest BCUT2D eigenvalue weighted by molar-refractivity contribution is 5.80. The molecule has 0 heterocycles. The average Bonchev–Trinajstić information content (AvgIpc) is 2.92. The molecule has 24 heavy (non-hydrogen) atoms. The molecule has 3 atom stereocenters. The normalized spacial score (nSPS) is 22.2. The van der Waals surface area contributed by atoms with Crippen LogP contribution in [-0.4, -0.2) is 41.8 Å². The van der Waals surface area contributed by atoms with Gasteiger partial charge in [0, 0.05) is 13.0 Å². The summed E-state index contributed by atoms with van der Waals surface area (Å²) in [6.45, 7) is 1.71. The zero-order chi connectivity index (χ0) is 17.3. The fourth-order valence-corrected chi connectivity index (χ4v) is 3.41. The quantitative estimate of drug-likeness (QED) is 0.921. The van der Waals surface area contributed by atoms with E-state index in [1.165, 1.54) is 30.7 Å². The Morgan fingerprint density at radius 1 is 1.38 bits per heavy atom. The fraction of sp³-hybridized carbons (Fsp3) is 0.368. The highest BCUT2D eigenvalue weighted by atomic mass is 16.6. The molecule has 0 saturated carbocycles. The van der Waals surface area contributed by atoms with E-state index in [-0.39, 0.29) is 12.5 Å².